The monoisotopic (exact) mass is 591 g/mol. The summed E-state index contributed by atoms with van der Waals surface area (Å²) in [4.78, 5) is 33.3. The number of hydrogen-bond acceptors (Lipinski definition) is 6. The van der Waals surface area contributed by atoms with Crippen LogP contribution < -0.4 is 0 Å². The summed E-state index contributed by atoms with van der Waals surface area (Å²) in [5.74, 6) is -5.86. The van der Waals surface area contributed by atoms with Crippen LogP contribution in [0.3, 0.4) is 0 Å². The van der Waals surface area contributed by atoms with Crippen molar-refractivity contribution in [3.8, 4) is 0 Å². The van der Waals surface area contributed by atoms with Crippen LogP contribution in [0.5, 0.6) is 0 Å². The highest BCUT2D eigenvalue weighted by molar-refractivity contribution is 5.77. The van der Waals surface area contributed by atoms with Gasteiger partial charge < -0.3 is 15.1 Å². The Hall–Kier alpha value is -2.82. The van der Waals surface area contributed by atoms with E-state index in [1.807, 2.05) is 0 Å². The highest BCUT2D eigenvalue weighted by atomic mass is 19.4. The van der Waals surface area contributed by atoms with Crippen LogP contribution in [0.25, 0.3) is 0 Å². The Labute approximate surface area is 223 Å². The van der Waals surface area contributed by atoms with Gasteiger partial charge in [-0.2, -0.15) is 26.3 Å². The molecule has 0 saturated carbocycles. The summed E-state index contributed by atoms with van der Waals surface area (Å²) < 4.78 is 108. The fourth-order valence-corrected chi connectivity index (χ4v) is 5.03. The topological polar surface area (TPSA) is 110 Å². The maximum atomic E-state index is 14.0. The fourth-order valence-electron chi connectivity index (χ4n) is 5.03. The molecule has 2 aliphatic heterocycles. The summed E-state index contributed by atoms with van der Waals surface area (Å²) in [6.07, 6.45) is -15.7. The van der Waals surface area contributed by atoms with Crippen molar-refractivity contribution < 1.29 is 54.9 Å². The fraction of sp³-hybridized carbons (Fsp3) is 0.739. The lowest BCUT2D eigenvalue weighted by atomic mass is 9.97. The predicted molar refractivity (Wildman–Crippen MR) is 121 cm³/mol. The quantitative estimate of drug-likeness (QED) is 0.482. The standard InChI is InChI=1S/C23H29F8N5O4/c1-20(2,3)36(19(39)40)12(9-35-11-21(24,25)6-4-15(35)37)8-16(38)34-7-5-13-14(10-34)32-18(23(29,30)31)33-17(13)22(26,27)28/h12,16,38H,4-11H2,1-3H3,(H,39,40)/t12-,16?/m0/s1. The van der Waals surface area contributed by atoms with Crippen molar-refractivity contribution in [1.82, 2.24) is 24.7 Å². The Bertz CT molecular complexity index is 1120. The van der Waals surface area contributed by atoms with Gasteiger partial charge in [0.2, 0.25) is 11.7 Å². The van der Waals surface area contributed by atoms with Gasteiger partial charge in [0.25, 0.3) is 5.92 Å². The summed E-state index contributed by atoms with van der Waals surface area (Å²) in [5.41, 5.74) is -4.02. The van der Waals surface area contributed by atoms with Crippen LogP contribution >= 0.6 is 0 Å². The molecule has 0 aromatic carbocycles. The molecule has 9 nitrogen and oxygen atoms in total. The zero-order chi connectivity index (χ0) is 30.4. The number of aromatic nitrogens is 2. The van der Waals surface area contributed by atoms with Crippen LogP contribution in [0.4, 0.5) is 39.9 Å². The van der Waals surface area contributed by atoms with E-state index in [2.05, 4.69) is 9.97 Å². The molecule has 1 fully saturated rings. The van der Waals surface area contributed by atoms with Gasteiger partial charge in [-0.05, 0) is 27.2 Å². The summed E-state index contributed by atoms with van der Waals surface area (Å²) in [6, 6.07) is -1.26. The summed E-state index contributed by atoms with van der Waals surface area (Å²) in [5, 5.41) is 20.9. The van der Waals surface area contributed by atoms with Crippen molar-refractivity contribution in [2.24, 2.45) is 0 Å². The Morgan fingerprint density at radius 3 is 2.23 bits per heavy atom. The summed E-state index contributed by atoms with van der Waals surface area (Å²) in [6.45, 7) is 2.08. The summed E-state index contributed by atoms with van der Waals surface area (Å²) in [7, 11) is 0. The van der Waals surface area contributed by atoms with Crippen molar-refractivity contribution in [1.29, 1.82) is 0 Å². The Balaban J connectivity index is 1.92. The molecule has 2 N–H and O–H groups in total. The van der Waals surface area contributed by atoms with E-state index in [1.165, 1.54) is 20.8 Å². The Morgan fingerprint density at radius 2 is 1.70 bits per heavy atom. The molecule has 3 rings (SSSR count). The molecular formula is C23H29F8N5O4. The lowest BCUT2D eigenvalue weighted by Crippen LogP contribution is -2.59. The first-order valence-electron chi connectivity index (χ1n) is 12.2. The molecule has 0 bridgehead atoms. The SMILES string of the molecule is CC(C)(C)N(C(=O)O)[C@@H](CC(O)N1CCc2c(nc(C(F)(F)F)nc2C(F)(F)F)C1)CN1CC(F)(F)CCC1=O. The molecule has 1 unspecified atom stereocenters. The number of carboxylic acid groups (broad SMARTS) is 1. The Morgan fingerprint density at radius 1 is 1.07 bits per heavy atom. The molecule has 1 saturated heterocycles. The van der Waals surface area contributed by atoms with Gasteiger partial charge in [0.1, 0.15) is 6.23 Å². The second-order valence-electron chi connectivity index (χ2n) is 10.9. The molecule has 0 radical (unpaired) electrons. The van der Waals surface area contributed by atoms with Crippen LogP contribution in [0.15, 0.2) is 0 Å². The highest BCUT2D eigenvalue weighted by Gasteiger charge is 2.45. The lowest BCUT2D eigenvalue weighted by molar-refractivity contribution is -0.154. The number of carbonyl (C=O) groups is 2. The number of rotatable bonds is 6. The van der Waals surface area contributed by atoms with Gasteiger partial charge in [-0.15, -0.1) is 0 Å². The molecule has 1 aromatic rings. The van der Waals surface area contributed by atoms with Gasteiger partial charge >= 0.3 is 18.4 Å². The van der Waals surface area contributed by atoms with E-state index < -0.39 is 116 Å². The third kappa shape index (κ3) is 7.27. The number of likely N-dealkylation sites (tertiary alicyclic amines) is 1. The van der Waals surface area contributed by atoms with E-state index in [4.69, 9.17) is 0 Å². The molecule has 226 valence electrons. The highest BCUT2D eigenvalue weighted by Crippen LogP contribution is 2.37. The van der Waals surface area contributed by atoms with E-state index in [9.17, 15) is 54.9 Å². The number of aliphatic hydroxyl groups excluding tert-OH is 1. The molecule has 2 aliphatic rings. The summed E-state index contributed by atoms with van der Waals surface area (Å²) >= 11 is 0. The number of aliphatic hydroxyl groups is 1. The molecule has 2 amide bonds. The zero-order valence-corrected chi connectivity index (χ0v) is 21.8. The Kier molecular flexibility index (Phi) is 8.62. The maximum absolute atomic E-state index is 14.0. The van der Waals surface area contributed by atoms with Gasteiger partial charge in [0, 0.05) is 50.0 Å². The van der Waals surface area contributed by atoms with E-state index in [-0.39, 0.29) is 6.54 Å². The van der Waals surface area contributed by atoms with Crippen LogP contribution in [-0.2, 0) is 30.1 Å². The molecule has 2 atom stereocenters. The first kappa shape index (κ1) is 31.7. The van der Waals surface area contributed by atoms with Crippen molar-refractivity contribution in [2.75, 3.05) is 19.6 Å². The molecule has 40 heavy (non-hydrogen) atoms. The molecule has 0 aliphatic carbocycles. The molecule has 0 spiro atoms. The average molecular weight is 592 g/mol. The number of halogens is 8. The average Bonchev–Trinajstić information content (AvgIpc) is 2.77. The number of nitrogens with zero attached hydrogens (tertiary/aromatic N) is 5. The largest absolute Gasteiger partial charge is 0.465 e. The zero-order valence-electron chi connectivity index (χ0n) is 21.8. The van der Waals surface area contributed by atoms with Gasteiger partial charge in [-0.3, -0.25) is 14.6 Å². The molecule has 1 aromatic heterocycles. The number of alkyl halides is 8. The van der Waals surface area contributed by atoms with E-state index in [0.29, 0.717) is 0 Å². The van der Waals surface area contributed by atoms with Gasteiger partial charge in [-0.1, -0.05) is 0 Å². The minimum atomic E-state index is -5.28. The minimum absolute atomic E-state index is 0.276. The first-order chi connectivity index (χ1) is 18.1. The van der Waals surface area contributed by atoms with Crippen LogP contribution in [0, 0.1) is 0 Å². The molecular weight excluding hydrogens is 562 g/mol. The number of hydrogen-bond donors (Lipinski definition) is 2. The maximum Gasteiger partial charge on any atom is 0.451 e. The smallest absolute Gasteiger partial charge is 0.451 e. The first-order valence-corrected chi connectivity index (χ1v) is 12.2. The van der Waals surface area contributed by atoms with Crippen LogP contribution in [0.2, 0.25) is 0 Å². The third-order valence-electron chi connectivity index (χ3n) is 6.73. The van der Waals surface area contributed by atoms with Crippen LogP contribution in [-0.4, -0.2) is 90.2 Å². The molecule has 3 heterocycles. The number of fused-ring (bicyclic) bond motifs is 1. The number of amides is 2. The van der Waals surface area contributed by atoms with Crippen molar-refractivity contribution in [2.45, 2.75) is 89.1 Å². The van der Waals surface area contributed by atoms with E-state index in [1.54, 1.807) is 0 Å². The number of carbonyl (C=O) groups excluding carboxylic acids is 1. The van der Waals surface area contributed by atoms with E-state index in [0.717, 1.165) is 14.7 Å². The third-order valence-corrected chi connectivity index (χ3v) is 6.73. The second-order valence-corrected chi connectivity index (χ2v) is 10.9. The lowest BCUT2D eigenvalue weighted by Gasteiger charge is -2.44. The number of piperidine rings is 1. The van der Waals surface area contributed by atoms with Gasteiger partial charge in [0.15, 0.2) is 5.69 Å². The van der Waals surface area contributed by atoms with Crippen molar-refractivity contribution in [3.05, 3.63) is 22.8 Å². The second kappa shape index (κ2) is 10.9. The van der Waals surface area contributed by atoms with Gasteiger partial charge in [-0.25, -0.2) is 23.5 Å². The van der Waals surface area contributed by atoms with Gasteiger partial charge in [0.05, 0.1) is 18.3 Å². The minimum Gasteiger partial charge on any atom is -0.465 e. The normalized spacial score (nSPS) is 20.2. The van der Waals surface area contributed by atoms with Crippen molar-refractivity contribution >= 4 is 12.0 Å². The molecule has 17 heteroatoms. The van der Waals surface area contributed by atoms with E-state index >= 15 is 0 Å². The van der Waals surface area contributed by atoms with Crippen LogP contribution in [0.1, 0.15) is 62.8 Å². The predicted octanol–water partition coefficient (Wildman–Crippen LogP) is 3.99. The van der Waals surface area contributed by atoms with Crippen molar-refractivity contribution in [3.63, 3.8) is 0 Å².